The molecule has 0 aliphatic carbocycles. The Morgan fingerprint density at radius 3 is 2.50 bits per heavy atom. The van der Waals surface area contributed by atoms with Gasteiger partial charge in [0.1, 0.15) is 24.7 Å². The summed E-state index contributed by atoms with van der Waals surface area (Å²) in [6.07, 6.45) is 0.778. The molecule has 0 bridgehead atoms. The van der Waals surface area contributed by atoms with Crippen LogP contribution in [-0.2, 0) is 11.2 Å². The average molecular weight is 509 g/mol. The number of halogens is 1. The van der Waals surface area contributed by atoms with Gasteiger partial charge in [-0.05, 0) is 93.9 Å². The summed E-state index contributed by atoms with van der Waals surface area (Å²) in [7, 11) is 0. The molecule has 0 saturated carbocycles. The fourth-order valence-corrected chi connectivity index (χ4v) is 5.52. The van der Waals surface area contributed by atoms with Crippen LogP contribution >= 0.6 is 11.3 Å². The number of hydrogen-bond donors (Lipinski definition) is 0. The number of carbonyl (C=O) groups is 2. The van der Waals surface area contributed by atoms with Crippen LogP contribution in [0.25, 0.3) is 0 Å². The van der Waals surface area contributed by atoms with Gasteiger partial charge in [0.25, 0.3) is 5.91 Å². The molecule has 2 aromatic carbocycles. The monoisotopic (exact) mass is 508 g/mol. The molecular weight excluding hydrogens is 475 g/mol. The van der Waals surface area contributed by atoms with E-state index in [9.17, 15) is 14.0 Å². The lowest BCUT2D eigenvalue weighted by atomic mass is 9.99. The van der Waals surface area contributed by atoms with Crippen molar-refractivity contribution in [3.05, 3.63) is 86.9 Å². The lowest BCUT2D eigenvalue weighted by Crippen LogP contribution is -2.53. The van der Waals surface area contributed by atoms with Crippen LogP contribution in [0, 0.1) is 19.7 Å². The molecule has 5 nitrogen and oxygen atoms in total. The van der Waals surface area contributed by atoms with E-state index in [4.69, 9.17) is 4.74 Å². The normalized spacial score (nSPS) is 15.4. The molecule has 190 valence electrons. The number of carbonyl (C=O) groups excluding carboxylic acids is 2. The largest absolute Gasteiger partial charge is 0.491 e. The maximum absolute atomic E-state index is 13.7. The summed E-state index contributed by atoms with van der Waals surface area (Å²) < 4.78 is 19.7. The summed E-state index contributed by atoms with van der Waals surface area (Å²) in [5.41, 5.74) is 3.08. The van der Waals surface area contributed by atoms with E-state index in [1.165, 1.54) is 34.7 Å². The summed E-state index contributed by atoms with van der Waals surface area (Å²) in [6, 6.07) is 13.3. The number of thiophene rings is 1. The van der Waals surface area contributed by atoms with Crippen molar-refractivity contribution in [2.24, 2.45) is 0 Å². The lowest BCUT2D eigenvalue weighted by Gasteiger charge is -2.40. The van der Waals surface area contributed by atoms with E-state index in [1.807, 2.05) is 51.7 Å². The van der Waals surface area contributed by atoms with Gasteiger partial charge in [0.05, 0.1) is 6.04 Å². The highest BCUT2D eigenvalue weighted by molar-refractivity contribution is 7.10. The van der Waals surface area contributed by atoms with E-state index in [2.05, 4.69) is 17.5 Å². The number of aryl methyl sites for hydroxylation is 2. The van der Waals surface area contributed by atoms with Gasteiger partial charge in [0, 0.05) is 22.5 Å². The van der Waals surface area contributed by atoms with Crippen molar-refractivity contribution >= 4 is 23.2 Å². The van der Waals surface area contributed by atoms with Crippen LogP contribution in [0.4, 0.5) is 4.39 Å². The van der Waals surface area contributed by atoms with Crippen molar-refractivity contribution in [1.82, 2.24) is 9.80 Å². The first-order valence-corrected chi connectivity index (χ1v) is 13.1. The standard InChI is InChI=1S/C29H33FN2O3S/c1-19-6-11-25(20(2)16-19)35-18-24-23-13-15-36-26(23)12-14-31(24)27(33)17-32(29(3,4)5)28(34)21-7-9-22(30)10-8-21/h6-11,13,15-16,24H,12,14,17-18H2,1-5H3. The number of hydrogen-bond acceptors (Lipinski definition) is 4. The number of amides is 2. The topological polar surface area (TPSA) is 49.9 Å². The third-order valence-corrected chi connectivity index (χ3v) is 7.58. The summed E-state index contributed by atoms with van der Waals surface area (Å²) >= 11 is 1.70. The summed E-state index contributed by atoms with van der Waals surface area (Å²) in [5.74, 6) is -0.0340. The molecule has 0 saturated heterocycles. The molecule has 1 aromatic heterocycles. The first-order valence-electron chi connectivity index (χ1n) is 12.2. The van der Waals surface area contributed by atoms with Crippen LogP contribution in [0.5, 0.6) is 5.75 Å². The molecule has 3 aromatic rings. The number of fused-ring (bicyclic) bond motifs is 1. The Bertz CT molecular complexity index is 1250. The maximum Gasteiger partial charge on any atom is 0.254 e. The first kappa shape index (κ1) is 25.9. The van der Waals surface area contributed by atoms with Gasteiger partial charge in [-0.3, -0.25) is 9.59 Å². The minimum Gasteiger partial charge on any atom is -0.491 e. The Morgan fingerprint density at radius 1 is 1.11 bits per heavy atom. The van der Waals surface area contributed by atoms with Crippen molar-refractivity contribution in [2.75, 3.05) is 19.7 Å². The van der Waals surface area contributed by atoms with Crippen molar-refractivity contribution in [2.45, 2.75) is 52.6 Å². The van der Waals surface area contributed by atoms with Crippen molar-refractivity contribution in [1.29, 1.82) is 0 Å². The quantitative estimate of drug-likeness (QED) is 0.413. The molecule has 7 heteroatoms. The minimum absolute atomic E-state index is 0.0702. The van der Waals surface area contributed by atoms with Gasteiger partial charge >= 0.3 is 0 Å². The van der Waals surface area contributed by atoms with Crippen LogP contribution in [0.2, 0.25) is 0 Å². The second-order valence-electron chi connectivity index (χ2n) is 10.3. The highest BCUT2D eigenvalue weighted by atomic mass is 32.1. The molecular formula is C29H33FN2O3S. The van der Waals surface area contributed by atoms with E-state index < -0.39 is 11.4 Å². The minimum atomic E-state index is -0.602. The lowest BCUT2D eigenvalue weighted by molar-refractivity contribution is -0.136. The second kappa shape index (κ2) is 10.4. The fourth-order valence-electron chi connectivity index (χ4n) is 4.59. The Morgan fingerprint density at radius 2 is 1.83 bits per heavy atom. The summed E-state index contributed by atoms with van der Waals surface area (Å²) in [6.45, 7) is 10.6. The molecule has 1 unspecified atom stereocenters. The van der Waals surface area contributed by atoms with Crippen LogP contribution in [0.3, 0.4) is 0 Å². The Kier molecular flexibility index (Phi) is 7.50. The van der Waals surface area contributed by atoms with Gasteiger partial charge in [-0.2, -0.15) is 0 Å². The van der Waals surface area contributed by atoms with E-state index >= 15 is 0 Å². The zero-order valence-electron chi connectivity index (χ0n) is 21.5. The number of ether oxygens (including phenoxy) is 1. The SMILES string of the molecule is Cc1ccc(OCC2c3ccsc3CCN2C(=O)CN(C(=O)c2ccc(F)cc2)C(C)(C)C)c(C)c1. The first-order chi connectivity index (χ1) is 17.0. The van der Waals surface area contributed by atoms with Crippen LogP contribution in [0.1, 0.15) is 58.7 Å². The zero-order chi connectivity index (χ0) is 26.0. The van der Waals surface area contributed by atoms with Gasteiger partial charge in [-0.1, -0.05) is 17.7 Å². The molecule has 0 radical (unpaired) electrons. The zero-order valence-corrected chi connectivity index (χ0v) is 22.3. The van der Waals surface area contributed by atoms with Crippen LogP contribution in [-0.4, -0.2) is 46.8 Å². The molecule has 0 N–H and O–H groups in total. The molecule has 2 amide bonds. The van der Waals surface area contributed by atoms with Crippen LogP contribution in [0.15, 0.2) is 53.9 Å². The Labute approximate surface area is 216 Å². The van der Waals surface area contributed by atoms with E-state index in [1.54, 1.807) is 16.2 Å². The highest BCUT2D eigenvalue weighted by Gasteiger charge is 2.36. The Balaban J connectivity index is 1.57. The van der Waals surface area contributed by atoms with Gasteiger partial charge in [-0.15, -0.1) is 11.3 Å². The fraction of sp³-hybridized carbons (Fsp3) is 0.379. The molecule has 1 aliphatic heterocycles. The average Bonchev–Trinajstić information content (AvgIpc) is 3.30. The smallest absolute Gasteiger partial charge is 0.254 e. The molecule has 1 aliphatic rings. The van der Waals surface area contributed by atoms with Gasteiger partial charge in [0.2, 0.25) is 5.91 Å². The van der Waals surface area contributed by atoms with E-state index in [0.29, 0.717) is 18.7 Å². The summed E-state index contributed by atoms with van der Waals surface area (Å²) in [4.78, 5) is 31.7. The maximum atomic E-state index is 13.7. The Hall–Kier alpha value is -3.19. The predicted octanol–water partition coefficient (Wildman–Crippen LogP) is 5.95. The molecule has 0 fully saturated rings. The van der Waals surface area contributed by atoms with Crippen molar-refractivity contribution < 1.29 is 18.7 Å². The van der Waals surface area contributed by atoms with Crippen molar-refractivity contribution in [3.63, 3.8) is 0 Å². The van der Waals surface area contributed by atoms with Crippen molar-refractivity contribution in [3.8, 4) is 5.75 Å². The summed E-state index contributed by atoms with van der Waals surface area (Å²) in [5, 5.41) is 2.06. The number of benzene rings is 2. The van der Waals surface area contributed by atoms with Crippen LogP contribution < -0.4 is 4.74 Å². The third kappa shape index (κ3) is 5.62. The molecule has 36 heavy (non-hydrogen) atoms. The predicted molar refractivity (Wildman–Crippen MR) is 141 cm³/mol. The number of nitrogens with zero attached hydrogens (tertiary/aromatic N) is 2. The van der Waals surface area contributed by atoms with Gasteiger partial charge < -0.3 is 14.5 Å². The molecule has 1 atom stereocenters. The van der Waals surface area contributed by atoms with E-state index in [-0.39, 0.29) is 24.4 Å². The number of rotatable bonds is 6. The van der Waals surface area contributed by atoms with Gasteiger partial charge in [-0.25, -0.2) is 4.39 Å². The van der Waals surface area contributed by atoms with Gasteiger partial charge in [0.15, 0.2) is 0 Å². The second-order valence-corrected chi connectivity index (χ2v) is 11.3. The third-order valence-electron chi connectivity index (χ3n) is 6.58. The van der Waals surface area contributed by atoms with E-state index in [0.717, 1.165) is 23.3 Å². The highest BCUT2D eigenvalue weighted by Crippen LogP contribution is 2.34. The molecule has 0 spiro atoms. The molecule has 2 heterocycles. The molecule has 4 rings (SSSR count).